The Balaban J connectivity index is 1.39. The number of carbonyl (C=O) groups is 2. The fraction of sp³-hybridized carbons (Fsp3) is 0.632. The highest BCUT2D eigenvalue weighted by Gasteiger charge is 2.45. The predicted molar refractivity (Wildman–Crippen MR) is 90.3 cm³/mol. The van der Waals surface area contributed by atoms with Crippen LogP contribution in [0.1, 0.15) is 43.4 Å². The number of aryl methyl sites for hydroxylation is 1. The van der Waals surface area contributed by atoms with Gasteiger partial charge < -0.3 is 9.80 Å². The second-order valence-corrected chi connectivity index (χ2v) is 7.51. The molecule has 1 saturated carbocycles. The number of likely N-dealkylation sites (tertiary alicyclic amines) is 2. The molecule has 2 saturated heterocycles. The lowest BCUT2D eigenvalue weighted by Crippen LogP contribution is -2.57. The van der Waals surface area contributed by atoms with Gasteiger partial charge in [-0.15, -0.1) is 0 Å². The number of pyridine rings is 1. The molecule has 0 spiro atoms. The normalized spacial score (nSPS) is 27.1. The molecule has 0 bridgehead atoms. The third-order valence-electron chi connectivity index (χ3n) is 5.69. The molecule has 128 valence electrons. The SMILES string of the molecule is Cc1ccc(CC(=O)N2CC[C@H]3[C@@H](CCC(=O)N3C3CC3)C2)cn1. The van der Waals surface area contributed by atoms with Crippen LogP contribution in [0.4, 0.5) is 0 Å². The molecule has 0 aromatic carbocycles. The van der Waals surface area contributed by atoms with Crippen molar-refractivity contribution in [3.63, 3.8) is 0 Å². The molecule has 24 heavy (non-hydrogen) atoms. The van der Waals surface area contributed by atoms with E-state index in [0.29, 0.717) is 36.8 Å². The summed E-state index contributed by atoms with van der Waals surface area (Å²) < 4.78 is 0. The number of nitrogens with zero attached hydrogens (tertiary/aromatic N) is 3. The highest BCUT2D eigenvalue weighted by Crippen LogP contribution is 2.39. The smallest absolute Gasteiger partial charge is 0.227 e. The van der Waals surface area contributed by atoms with Crippen LogP contribution < -0.4 is 0 Å². The zero-order chi connectivity index (χ0) is 16.7. The summed E-state index contributed by atoms with van der Waals surface area (Å²) in [6.07, 6.45) is 7.08. The van der Waals surface area contributed by atoms with Gasteiger partial charge in [-0.25, -0.2) is 0 Å². The first-order valence-electron chi connectivity index (χ1n) is 9.12. The Morgan fingerprint density at radius 2 is 2.08 bits per heavy atom. The van der Waals surface area contributed by atoms with E-state index in [4.69, 9.17) is 0 Å². The lowest BCUT2D eigenvalue weighted by Gasteiger charge is -2.47. The molecule has 5 heteroatoms. The second kappa shape index (κ2) is 6.19. The average Bonchev–Trinajstić information content (AvgIpc) is 3.41. The van der Waals surface area contributed by atoms with E-state index in [2.05, 4.69) is 9.88 Å². The highest BCUT2D eigenvalue weighted by atomic mass is 16.2. The standard InChI is InChI=1S/C19H25N3O2/c1-13-2-3-14(11-20-13)10-19(24)21-9-8-17-15(12-21)4-7-18(23)22(17)16-5-6-16/h2-3,11,15-17H,4-10,12H2,1H3/t15-,17-/m0/s1. The fourth-order valence-electron chi connectivity index (χ4n) is 4.24. The fourth-order valence-corrected chi connectivity index (χ4v) is 4.24. The molecule has 0 radical (unpaired) electrons. The van der Waals surface area contributed by atoms with Crippen LogP contribution in [0.2, 0.25) is 0 Å². The number of hydrogen-bond acceptors (Lipinski definition) is 3. The van der Waals surface area contributed by atoms with Gasteiger partial charge in [0.25, 0.3) is 0 Å². The van der Waals surface area contributed by atoms with Gasteiger partial charge in [-0.3, -0.25) is 14.6 Å². The minimum atomic E-state index is 0.189. The van der Waals surface area contributed by atoms with E-state index in [-0.39, 0.29) is 5.91 Å². The van der Waals surface area contributed by atoms with Crippen LogP contribution in [0.3, 0.4) is 0 Å². The van der Waals surface area contributed by atoms with Crippen molar-refractivity contribution in [1.82, 2.24) is 14.8 Å². The first-order chi connectivity index (χ1) is 11.6. The molecule has 2 aliphatic heterocycles. The molecule has 4 rings (SSSR count). The van der Waals surface area contributed by atoms with Crippen LogP contribution in [0.25, 0.3) is 0 Å². The van der Waals surface area contributed by atoms with Gasteiger partial charge in [-0.2, -0.15) is 0 Å². The van der Waals surface area contributed by atoms with Gasteiger partial charge in [-0.05, 0) is 50.2 Å². The number of piperidine rings is 2. The molecule has 3 fully saturated rings. The molecule has 3 aliphatic rings. The minimum Gasteiger partial charge on any atom is -0.342 e. The Labute approximate surface area is 143 Å². The Bertz CT molecular complexity index is 639. The van der Waals surface area contributed by atoms with Crippen molar-refractivity contribution >= 4 is 11.8 Å². The number of carbonyl (C=O) groups excluding carboxylic acids is 2. The van der Waals surface area contributed by atoms with Crippen LogP contribution in [-0.2, 0) is 16.0 Å². The molecule has 2 atom stereocenters. The lowest BCUT2D eigenvalue weighted by atomic mass is 9.83. The number of aromatic nitrogens is 1. The average molecular weight is 327 g/mol. The first kappa shape index (κ1) is 15.6. The maximum Gasteiger partial charge on any atom is 0.227 e. The van der Waals surface area contributed by atoms with Gasteiger partial charge in [0.05, 0.1) is 6.42 Å². The highest BCUT2D eigenvalue weighted by molar-refractivity contribution is 5.80. The molecule has 3 heterocycles. The summed E-state index contributed by atoms with van der Waals surface area (Å²) in [6, 6.07) is 4.80. The third kappa shape index (κ3) is 3.04. The maximum absolute atomic E-state index is 12.6. The van der Waals surface area contributed by atoms with E-state index >= 15 is 0 Å². The molecule has 1 aliphatic carbocycles. The molecule has 1 aromatic heterocycles. The van der Waals surface area contributed by atoms with Crippen molar-refractivity contribution in [3.05, 3.63) is 29.6 Å². The number of amides is 2. The van der Waals surface area contributed by atoms with Crippen molar-refractivity contribution in [2.75, 3.05) is 13.1 Å². The first-order valence-corrected chi connectivity index (χ1v) is 9.12. The van der Waals surface area contributed by atoms with Gasteiger partial charge in [0.1, 0.15) is 0 Å². The monoisotopic (exact) mass is 327 g/mol. The second-order valence-electron chi connectivity index (χ2n) is 7.51. The number of fused-ring (bicyclic) bond motifs is 1. The van der Waals surface area contributed by atoms with E-state index in [1.54, 1.807) is 6.20 Å². The summed E-state index contributed by atoms with van der Waals surface area (Å²) in [6.45, 7) is 3.53. The van der Waals surface area contributed by atoms with E-state index < -0.39 is 0 Å². The van der Waals surface area contributed by atoms with Crippen molar-refractivity contribution in [2.45, 2.75) is 57.5 Å². The Morgan fingerprint density at radius 1 is 1.25 bits per heavy atom. The van der Waals surface area contributed by atoms with Gasteiger partial charge >= 0.3 is 0 Å². The topological polar surface area (TPSA) is 53.5 Å². The maximum atomic E-state index is 12.6. The van der Waals surface area contributed by atoms with Gasteiger partial charge in [0.2, 0.25) is 11.8 Å². The summed E-state index contributed by atoms with van der Waals surface area (Å²) in [7, 11) is 0. The summed E-state index contributed by atoms with van der Waals surface area (Å²) >= 11 is 0. The number of hydrogen-bond donors (Lipinski definition) is 0. The van der Waals surface area contributed by atoms with E-state index in [1.165, 1.54) is 0 Å². The molecule has 0 unspecified atom stereocenters. The van der Waals surface area contributed by atoms with Crippen LogP contribution in [0.15, 0.2) is 18.3 Å². The molecule has 1 aromatic rings. The molecular weight excluding hydrogens is 302 g/mol. The van der Waals surface area contributed by atoms with Crippen molar-refractivity contribution in [1.29, 1.82) is 0 Å². The minimum absolute atomic E-state index is 0.189. The summed E-state index contributed by atoms with van der Waals surface area (Å²) in [5.41, 5.74) is 1.95. The van der Waals surface area contributed by atoms with E-state index in [0.717, 1.165) is 50.0 Å². The molecule has 2 amide bonds. The van der Waals surface area contributed by atoms with Crippen LogP contribution in [0, 0.1) is 12.8 Å². The van der Waals surface area contributed by atoms with Crippen molar-refractivity contribution in [3.8, 4) is 0 Å². The Morgan fingerprint density at radius 3 is 2.79 bits per heavy atom. The predicted octanol–water partition coefficient (Wildman–Crippen LogP) is 1.93. The summed E-state index contributed by atoms with van der Waals surface area (Å²) in [5.74, 6) is 0.982. The largest absolute Gasteiger partial charge is 0.342 e. The number of rotatable bonds is 3. The molecular formula is C19H25N3O2. The zero-order valence-electron chi connectivity index (χ0n) is 14.3. The van der Waals surface area contributed by atoms with Gasteiger partial charge in [0, 0.05) is 43.5 Å². The summed E-state index contributed by atoms with van der Waals surface area (Å²) in [4.78, 5) is 33.3. The molecule has 5 nitrogen and oxygen atoms in total. The quantitative estimate of drug-likeness (QED) is 0.852. The zero-order valence-corrected chi connectivity index (χ0v) is 14.3. The Kier molecular flexibility index (Phi) is 4.02. The van der Waals surface area contributed by atoms with E-state index in [9.17, 15) is 9.59 Å². The van der Waals surface area contributed by atoms with Gasteiger partial charge in [-0.1, -0.05) is 6.07 Å². The van der Waals surface area contributed by atoms with Crippen LogP contribution in [-0.4, -0.2) is 51.8 Å². The summed E-state index contributed by atoms with van der Waals surface area (Å²) in [5, 5.41) is 0. The molecule has 0 N–H and O–H groups in total. The Hall–Kier alpha value is -1.91. The van der Waals surface area contributed by atoms with Crippen LogP contribution >= 0.6 is 0 Å². The van der Waals surface area contributed by atoms with Crippen molar-refractivity contribution < 1.29 is 9.59 Å². The van der Waals surface area contributed by atoms with Crippen molar-refractivity contribution in [2.24, 2.45) is 5.92 Å². The third-order valence-corrected chi connectivity index (χ3v) is 5.69. The lowest BCUT2D eigenvalue weighted by molar-refractivity contribution is -0.144. The van der Waals surface area contributed by atoms with Gasteiger partial charge in [0.15, 0.2) is 0 Å². The van der Waals surface area contributed by atoms with E-state index in [1.807, 2.05) is 24.0 Å². The van der Waals surface area contributed by atoms with Crippen LogP contribution in [0.5, 0.6) is 0 Å².